The summed E-state index contributed by atoms with van der Waals surface area (Å²) in [5.74, 6) is -0.771. The monoisotopic (exact) mass is 219 g/mol. The van der Waals surface area contributed by atoms with Gasteiger partial charge in [0.15, 0.2) is 5.65 Å². The molecule has 0 aromatic carbocycles. The minimum Gasteiger partial charge on any atom is -0.283 e. The lowest BCUT2D eigenvalue weighted by Gasteiger charge is -2.07. The van der Waals surface area contributed by atoms with Gasteiger partial charge in [0.25, 0.3) is 0 Å². The normalized spacial score (nSPS) is 12.3. The van der Waals surface area contributed by atoms with Gasteiger partial charge in [0, 0.05) is 6.20 Å². The van der Waals surface area contributed by atoms with Crippen molar-refractivity contribution in [3.05, 3.63) is 29.5 Å². The van der Waals surface area contributed by atoms with Crippen molar-refractivity contribution in [2.45, 2.75) is 13.1 Å². The molecule has 0 bridgehead atoms. The van der Waals surface area contributed by atoms with E-state index in [1.807, 2.05) is 0 Å². The zero-order chi connectivity index (χ0) is 11.2. The summed E-state index contributed by atoms with van der Waals surface area (Å²) in [6.45, 7) is 1.44. The second-order valence-corrected chi connectivity index (χ2v) is 3.01. The van der Waals surface area contributed by atoms with E-state index in [0.717, 1.165) is 10.6 Å². The summed E-state index contributed by atoms with van der Waals surface area (Å²) < 4.78 is 51.3. The highest BCUT2D eigenvalue weighted by molar-refractivity contribution is 5.49. The summed E-state index contributed by atoms with van der Waals surface area (Å²) in [7, 11) is 0. The fourth-order valence-electron chi connectivity index (χ4n) is 1.28. The van der Waals surface area contributed by atoms with Crippen molar-refractivity contribution in [2.24, 2.45) is 0 Å². The highest BCUT2D eigenvalue weighted by Crippen LogP contribution is 2.32. The van der Waals surface area contributed by atoms with Gasteiger partial charge in [-0.15, -0.1) is 10.2 Å². The van der Waals surface area contributed by atoms with Crippen molar-refractivity contribution in [2.75, 3.05) is 0 Å². The van der Waals surface area contributed by atoms with Gasteiger partial charge in [-0.25, -0.2) is 4.39 Å². The third-order valence-corrected chi connectivity index (χ3v) is 1.95. The molecule has 3 nitrogen and oxygen atoms in total. The van der Waals surface area contributed by atoms with Crippen molar-refractivity contribution in [1.29, 1.82) is 0 Å². The first-order chi connectivity index (χ1) is 6.89. The van der Waals surface area contributed by atoms with Crippen LogP contribution in [0.2, 0.25) is 0 Å². The predicted molar refractivity (Wildman–Crippen MR) is 42.7 cm³/mol. The lowest BCUT2D eigenvalue weighted by molar-refractivity contribution is -0.136. The first-order valence-corrected chi connectivity index (χ1v) is 3.97. The van der Waals surface area contributed by atoms with Gasteiger partial charge in [0.1, 0.15) is 17.2 Å². The van der Waals surface area contributed by atoms with E-state index in [2.05, 4.69) is 10.2 Å². The molecule has 0 aliphatic heterocycles. The molecule has 0 fully saturated rings. The van der Waals surface area contributed by atoms with Crippen LogP contribution in [0.1, 0.15) is 11.4 Å². The Balaban J connectivity index is 2.84. The smallest absolute Gasteiger partial charge is 0.283 e. The topological polar surface area (TPSA) is 30.2 Å². The molecule has 2 aromatic heterocycles. The summed E-state index contributed by atoms with van der Waals surface area (Å²) in [5, 5.41) is 6.81. The summed E-state index contributed by atoms with van der Waals surface area (Å²) in [6.07, 6.45) is -3.72. The highest BCUT2D eigenvalue weighted by Gasteiger charge is 2.35. The van der Waals surface area contributed by atoms with Crippen molar-refractivity contribution in [3.8, 4) is 0 Å². The third-order valence-electron chi connectivity index (χ3n) is 1.95. The number of halogens is 4. The van der Waals surface area contributed by atoms with Gasteiger partial charge in [-0.3, -0.25) is 4.40 Å². The van der Waals surface area contributed by atoms with Gasteiger partial charge in [-0.05, 0) is 13.0 Å². The van der Waals surface area contributed by atoms with Crippen molar-refractivity contribution in [1.82, 2.24) is 14.6 Å². The molecule has 0 N–H and O–H groups in total. The number of aromatic nitrogens is 3. The molecule has 0 aliphatic rings. The Morgan fingerprint density at radius 2 is 1.93 bits per heavy atom. The quantitative estimate of drug-likeness (QED) is 0.636. The average Bonchev–Trinajstić information content (AvgIpc) is 2.45. The largest absolute Gasteiger partial charge is 0.420 e. The zero-order valence-electron chi connectivity index (χ0n) is 7.51. The number of hydrogen-bond donors (Lipinski definition) is 0. The second kappa shape index (κ2) is 2.91. The highest BCUT2D eigenvalue weighted by atomic mass is 19.4. The van der Waals surface area contributed by atoms with Crippen molar-refractivity contribution in [3.63, 3.8) is 0 Å². The maximum Gasteiger partial charge on any atom is 0.420 e. The maximum absolute atomic E-state index is 12.9. The summed E-state index contributed by atoms with van der Waals surface area (Å²) in [4.78, 5) is 0. The van der Waals surface area contributed by atoms with E-state index < -0.39 is 17.6 Å². The molecule has 7 heteroatoms. The van der Waals surface area contributed by atoms with Gasteiger partial charge in [0.05, 0.1) is 0 Å². The molecular weight excluding hydrogens is 214 g/mol. The van der Waals surface area contributed by atoms with Crippen LogP contribution in [0, 0.1) is 12.7 Å². The molecule has 0 spiro atoms. The molecule has 2 heterocycles. The lowest BCUT2D eigenvalue weighted by Crippen LogP contribution is -2.09. The van der Waals surface area contributed by atoms with Crippen LogP contribution in [0.4, 0.5) is 17.6 Å². The van der Waals surface area contributed by atoms with Crippen LogP contribution in [0.15, 0.2) is 12.3 Å². The Morgan fingerprint density at radius 1 is 1.27 bits per heavy atom. The minimum atomic E-state index is -4.64. The Kier molecular flexibility index (Phi) is 1.92. The second-order valence-electron chi connectivity index (χ2n) is 3.01. The predicted octanol–water partition coefficient (Wildman–Crippen LogP) is 2.20. The van der Waals surface area contributed by atoms with E-state index in [0.29, 0.717) is 6.07 Å². The fourth-order valence-corrected chi connectivity index (χ4v) is 1.28. The van der Waals surface area contributed by atoms with E-state index >= 15 is 0 Å². The third kappa shape index (κ3) is 1.53. The lowest BCUT2D eigenvalue weighted by atomic mass is 10.2. The molecule has 0 radical (unpaired) electrons. The first kappa shape index (κ1) is 9.88. The van der Waals surface area contributed by atoms with Crippen LogP contribution in [-0.4, -0.2) is 14.6 Å². The molecule has 0 saturated heterocycles. The number of fused-ring (bicyclic) bond motifs is 1. The molecule has 0 atom stereocenters. The number of alkyl halides is 3. The van der Waals surface area contributed by atoms with Crippen molar-refractivity contribution < 1.29 is 17.6 Å². The van der Waals surface area contributed by atoms with E-state index in [1.54, 1.807) is 0 Å². The van der Waals surface area contributed by atoms with Gasteiger partial charge in [-0.1, -0.05) is 0 Å². The van der Waals surface area contributed by atoms with E-state index in [9.17, 15) is 17.6 Å². The van der Waals surface area contributed by atoms with Gasteiger partial charge in [0.2, 0.25) is 0 Å². The number of pyridine rings is 1. The average molecular weight is 219 g/mol. The summed E-state index contributed by atoms with van der Waals surface area (Å²) in [5.41, 5.74) is -1.51. The van der Waals surface area contributed by atoms with Gasteiger partial charge >= 0.3 is 6.18 Å². The van der Waals surface area contributed by atoms with Crippen LogP contribution in [-0.2, 0) is 6.18 Å². The molecule has 2 rings (SSSR count). The summed E-state index contributed by atoms with van der Waals surface area (Å²) >= 11 is 0. The molecule has 0 amide bonds. The van der Waals surface area contributed by atoms with Crippen molar-refractivity contribution >= 4 is 5.65 Å². The Bertz CT molecular complexity index is 514. The first-order valence-electron chi connectivity index (χ1n) is 3.97. The Morgan fingerprint density at radius 3 is 2.53 bits per heavy atom. The number of hydrogen-bond acceptors (Lipinski definition) is 2. The SMILES string of the molecule is Cc1nnc2c(C(F)(F)F)cc(F)cn12. The Hall–Kier alpha value is -1.66. The van der Waals surface area contributed by atoms with Gasteiger partial charge in [-0.2, -0.15) is 13.2 Å². The van der Waals surface area contributed by atoms with E-state index in [4.69, 9.17) is 0 Å². The van der Waals surface area contributed by atoms with Crippen LogP contribution in [0.25, 0.3) is 5.65 Å². The minimum absolute atomic E-state index is 0.204. The maximum atomic E-state index is 12.9. The molecule has 15 heavy (non-hydrogen) atoms. The van der Waals surface area contributed by atoms with E-state index in [1.165, 1.54) is 6.92 Å². The molecule has 2 aromatic rings. The Labute approximate surface area is 81.3 Å². The van der Waals surface area contributed by atoms with Crippen LogP contribution in [0.5, 0.6) is 0 Å². The summed E-state index contributed by atoms with van der Waals surface area (Å²) in [6, 6.07) is 0.406. The van der Waals surface area contributed by atoms with E-state index in [-0.39, 0.29) is 11.5 Å². The number of aryl methyl sites for hydroxylation is 1. The zero-order valence-corrected chi connectivity index (χ0v) is 7.51. The molecule has 0 unspecified atom stereocenters. The molecule has 80 valence electrons. The fraction of sp³-hybridized carbons (Fsp3) is 0.250. The molecule has 0 aliphatic carbocycles. The number of rotatable bonds is 0. The molecular formula is C8H5F4N3. The van der Waals surface area contributed by atoms with Crippen LogP contribution < -0.4 is 0 Å². The molecule has 0 saturated carbocycles. The standard InChI is InChI=1S/C8H5F4N3/c1-4-13-14-7-6(8(10,11)12)2-5(9)3-15(4)7/h2-3H,1H3. The van der Waals surface area contributed by atoms with Gasteiger partial charge < -0.3 is 0 Å². The van der Waals surface area contributed by atoms with Crippen LogP contribution in [0.3, 0.4) is 0 Å². The number of nitrogens with zero attached hydrogens (tertiary/aromatic N) is 3. The van der Waals surface area contributed by atoms with Crippen LogP contribution >= 0.6 is 0 Å².